The molecule has 132 valence electrons. The van der Waals surface area contributed by atoms with Crippen LogP contribution in [0.4, 0.5) is 5.69 Å². The number of anilines is 1. The number of carboxylic acid groups (broad SMARTS) is 1. The number of hydrogen-bond donors (Lipinski definition) is 2. The van der Waals surface area contributed by atoms with E-state index in [1.165, 1.54) is 6.92 Å². The summed E-state index contributed by atoms with van der Waals surface area (Å²) in [5, 5.41) is 13.0. The van der Waals surface area contributed by atoms with Gasteiger partial charge in [0, 0.05) is 12.8 Å². The van der Waals surface area contributed by atoms with Gasteiger partial charge in [0.1, 0.15) is 5.75 Å². The Bertz CT molecular complexity index is 901. The van der Waals surface area contributed by atoms with Gasteiger partial charge in [-0.2, -0.15) is 0 Å². The van der Waals surface area contributed by atoms with E-state index in [1.807, 2.05) is 18.2 Å². The molecule has 26 heavy (non-hydrogen) atoms. The number of carboxylic acids is 1. The van der Waals surface area contributed by atoms with Gasteiger partial charge in [0.15, 0.2) is 0 Å². The maximum atomic E-state index is 11.6. The second-order valence-corrected chi connectivity index (χ2v) is 6.71. The molecule has 0 amide bonds. The molecule has 4 rings (SSSR count). The van der Waals surface area contributed by atoms with Crippen molar-refractivity contribution < 1.29 is 19.4 Å². The number of benzene rings is 2. The minimum atomic E-state index is -0.932. The Morgan fingerprint density at radius 1 is 1.15 bits per heavy atom. The summed E-state index contributed by atoms with van der Waals surface area (Å²) in [4.78, 5) is 22.7. The summed E-state index contributed by atoms with van der Waals surface area (Å²) < 4.78 is 5.10. The first kappa shape index (κ1) is 16.4. The fourth-order valence-corrected chi connectivity index (χ4v) is 4.04. The zero-order valence-corrected chi connectivity index (χ0v) is 14.3. The minimum absolute atomic E-state index is 0.00521. The molecule has 0 saturated heterocycles. The molecule has 2 aliphatic rings. The number of para-hydroxylation sites is 1. The van der Waals surface area contributed by atoms with Gasteiger partial charge in [-0.25, -0.2) is 4.79 Å². The molecule has 1 aliphatic heterocycles. The predicted octanol–water partition coefficient (Wildman–Crippen LogP) is 4.14. The molecule has 2 aromatic rings. The van der Waals surface area contributed by atoms with Gasteiger partial charge in [-0.1, -0.05) is 36.4 Å². The summed E-state index contributed by atoms with van der Waals surface area (Å²) in [5.74, 6) is -0.257. The molecule has 0 fully saturated rings. The van der Waals surface area contributed by atoms with Crippen LogP contribution in [-0.2, 0) is 4.79 Å². The molecule has 0 bridgehead atoms. The van der Waals surface area contributed by atoms with E-state index < -0.39 is 5.97 Å². The molecule has 0 saturated carbocycles. The summed E-state index contributed by atoms with van der Waals surface area (Å²) in [6, 6.07) is 12.8. The van der Waals surface area contributed by atoms with E-state index in [9.17, 15) is 14.7 Å². The summed E-state index contributed by atoms with van der Waals surface area (Å²) in [6.07, 6.45) is 5.28. The summed E-state index contributed by atoms with van der Waals surface area (Å²) >= 11 is 0. The molecular weight excluding hydrogens is 330 g/mol. The van der Waals surface area contributed by atoms with E-state index in [4.69, 9.17) is 4.74 Å². The van der Waals surface area contributed by atoms with Gasteiger partial charge < -0.3 is 15.2 Å². The first-order chi connectivity index (χ1) is 12.5. The van der Waals surface area contributed by atoms with Gasteiger partial charge in [0.2, 0.25) is 0 Å². The van der Waals surface area contributed by atoms with Crippen LogP contribution in [0.1, 0.15) is 46.8 Å². The highest BCUT2D eigenvalue weighted by molar-refractivity contribution is 5.95. The van der Waals surface area contributed by atoms with Crippen LogP contribution < -0.4 is 10.1 Å². The average molecular weight is 349 g/mol. The van der Waals surface area contributed by atoms with Crippen LogP contribution in [-0.4, -0.2) is 17.0 Å². The molecule has 3 unspecified atom stereocenters. The van der Waals surface area contributed by atoms with Crippen molar-refractivity contribution in [3.05, 3.63) is 71.3 Å². The van der Waals surface area contributed by atoms with E-state index in [1.54, 1.807) is 24.3 Å². The summed E-state index contributed by atoms with van der Waals surface area (Å²) in [5.41, 5.74) is 3.08. The highest BCUT2D eigenvalue weighted by Gasteiger charge is 2.39. The zero-order valence-electron chi connectivity index (χ0n) is 14.3. The highest BCUT2D eigenvalue weighted by Crippen LogP contribution is 2.50. The maximum Gasteiger partial charge on any atom is 0.337 e. The highest BCUT2D eigenvalue weighted by atomic mass is 16.5. The Morgan fingerprint density at radius 2 is 1.92 bits per heavy atom. The monoisotopic (exact) mass is 349 g/mol. The quantitative estimate of drug-likeness (QED) is 0.495. The lowest BCUT2D eigenvalue weighted by molar-refractivity contribution is -0.131. The second kappa shape index (κ2) is 6.33. The second-order valence-electron chi connectivity index (χ2n) is 6.71. The van der Waals surface area contributed by atoms with Gasteiger partial charge in [0.05, 0.1) is 17.3 Å². The number of fused-ring (bicyclic) bond motifs is 3. The number of allylic oxidation sites excluding steroid dienone is 2. The number of carbonyl (C=O) groups excluding carboxylic acids is 1. The van der Waals surface area contributed by atoms with Crippen molar-refractivity contribution in [2.45, 2.75) is 25.3 Å². The lowest BCUT2D eigenvalue weighted by Gasteiger charge is -2.38. The van der Waals surface area contributed by atoms with Gasteiger partial charge in [0.25, 0.3) is 0 Å². The van der Waals surface area contributed by atoms with Gasteiger partial charge in [-0.05, 0) is 41.7 Å². The van der Waals surface area contributed by atoms with Crippen molar-refractivity contribution in [2.24, 2.45) is 5.92 Å². The molecule has 0 aromatic heterocycles. The van der Waals surface area contributed by atoms with Crippen molar-refractivity contribution in [1.29, 1.82) is 0 Å². The van der Waals surface area contributed by atoms with Gasteiger partial charge in [-0.15, -0.1) is 0 Å². The third-order valence-electron chi connectivity index (χ3n) is 5.13. The fourth-order valence-electron chi connectivity index (χ4n) is 4.04. The van der Waals surface area contributed by atoms with Gasteiger partial charge in [-0.3, -0.25) is 4.79 Å². The van der Waals surface area contributed by atoms with Crippen LogP contribution in [0.3, 0.4) is 0 Å². The Morgan fingerprint density at radius 3 is 2.62 bits per heavy atom. The third-order valence-corrected chi connectivity index (χ3v) is 5.13. The van der Waals surface area contributed by atoms with Crippen LogP contribution in [0.25, 0.3) is 0 Å². The van der Waals surface area contributed by atoms with E-state index >= 15 is 0 Å². The minimum Gasteiger partial charge on any atom is -0.478 e. The van der Waals surface area contributed by atoms with Crippen molar-refractivity contribution in [3.63, 3.8) is 0 Å². The van der Waals surface area contributed by atoms with Crippen molar-refractivity contribution in [1.82, 2.24) is 0 Å². The molecule has 0 spiro atoms. The predicted molar refractivity (Wildman–Crippen MR) is 97.5 cm³/mol. The van der Waals surface area contributed by atoms with E-state index in [0.29, 0.717) is 22.9 Å². The van der Waals surface area contributed by atoms with Crippen molar-refractivity contribution in [3.8, 4) is 5.75 Å². The molecule has 1 heterocycles. The molecule has 3 atom stereocenters. The number of esters is 1. The first-order valence-corrected chi connectivity index (χ1v) is 8.62. The van der Waals surface area contributed by atoms with E-state index in [2.05, 4.69) is 17.5 Å². The van der Waals surface area contributed by atoms with Crippen LogP contribution in [0.15, 0.2) is 54.6 Å². The van der Waals surface area contributed by atoms with E-state index in [0.717, 1.165) is 17.5 Å². The molecular formula is C21H19NO4. The standard InChI is InChI=1S/C21H19NO4/c1-12(23)26-14-10-8-13(9-11-14)19-16-5-2-4-15(16)17-6-3-7-18(21(24)25)20(17)22-19/h2-4,6-11,15-16,19,22H,5H2,1H3,(H,24,25). The number of carbonyl (C=O) groups is 2. The number of rotatable bonds is 3. The van der Waals surface area contributed by atoms with E-state index in [-0.39, 0.29) is 17.9 Å². The maximum absolute atomic E-state index is 11.6. The van der Waals surface area contributed by atoms with Crippen LogP contribution in [0.5, 0.6) is 5.75 Å². The smallest absolute Gasteiger partial charge is 0.337 e. The van der Waals surface area contributed by atoms with Crippen LogP contribution in [0, 0.1) is 5.92 Å². The number of nitrogens with one attached hydrogen (secondary N) is 1. The Balaban J connectivity index is 1.72. The van der Waals surface area contributed by atoms with Crippen molar-refractivity contribution in [2.75, 3.05) is 5.32 Å². The number of aromatic carboxylic acids is 1. The largest absolute Gasteiger partial charge is 0.478 e. The summed E-state index contributed by atoms with van der Waals surface area (Å²) in [7, 11) is 0. The Labute approximate surface area is 151 Å². The first-order valence-electron chi connectivity index (χ1n) is 8.62. The summed E-state index contributed by atoms with van der Waals surface area (Å²) in [6.45, 7) is 1.37. The SMILES string of the molecule is CC(=O)Oc1ccc(C2Nc3c(C(=O)O)cccc3C3C=CCC32)cc1. The molecule has 5 heteroatoms. The number of hydrogen-bond acceptors (Lipinski definition) is 4. The normalized spacial score (nSPS) is 22.9. The van der Waals surface area contributed by atoms with Crippen LogP contribution >= 0.6 is 0 Å². The number of ether oxygens (including phenoxy) is 1. The molecule has 0 radical (unpaired) electrons. The lowest BCUT2D eigenvalue weighted by Crippen LogP contribution is -2.30. The average Bonchev–Trinajstić information content (AvgIpc) is 3.10. The third kappa shape index (κ3) is 2.75. The van der Waals surface area contributed by atoms with Crippen LogP contribution in [0.2, 0.25) is 0 Å². The zero-order chi connectivity index (χ0) is 18.3. The fraction of sp³-hybridized carbons (Fsp3) is 0.238. The molecule has 2 N–H and O–H groups in total. The Kier molecular flexibility index (Phi) is 3.99. The molecule has 2 aromatic carbocycles. The molecule has 5 nitrogen and oxygen atoms in total. The molecule has 1 aliphatic carbocycles. The topological polar surface area (TPSA) is 75.6 Å². The Hall–Kier alpha value is -3.08. The van der Waals surface area contributed by atoms with Crippen molar-refractivity contribution >= 4 is 17.6 Å². The lowest BCUT2D eigenvalue weighted by atomic mass is 9.76. The van der Waals surface area contributed by atoms with Gasteiger partial charge >= 0.3 is 11.9 Å².